The summed E-state index contributed by atoms with van der Waals surface area (Å²) in [6.07, 6.45) is 1.34. The van der Waals surface area contributed by atoms with Gasteiger partial charge in [0.2, 0.25) is 0 Å². The lowest BCUT2D eigenvalue weighted by Gasteiger charge is -2.25. The highest BCUT2D eigenvalue weighted by atomic mass is 35.5. The highest BCUT2D eigenvalue weighted by Gasteiger charge is 2.31. The van der Waals surface area contributed by atoms with Crippen molar-refractivity contribution in [3.63, 3.8) is 0 Å². The Morgan fingerprint density at radius 1 is 1.69 bits per heavy atom. The molecule has 0 bridgehead atoms. The lowest BCUT2D eigenvalue weighted by atomic mass is 9.96. The Morgan fingerprint density at radius 3 is 2.81 bits per heavy atom. The Hall–Kier alpha value is -0.720. The summed E-state index contributed by atoms with van der Waals surface area (Å²) in [6.45, 7) is 3.92. The molecule has 90 valence electrons. The number of hydrogen-bond donors (Lipinski definition) is 2. The van der Waals surface area contributed by atoms with Gasteiger partial charge in [-0.3, -0.25) is 10.1 Å². The standard InChI is InChI=1S/C9H14ClN3O2S/c1-3-4-9(2,8(14)15)11-5-6-7(10)16-13-12-6/h11H,3-5H2,1-2H3,(H,14,15). The van der Waals surface area contributed by atoms with Crippen LogP contribution in [0.1, 0.15) is 32.4 Å². The van der Waals surface area contributed by atoms with Crippen LogP contribution in [0.3, 0.4) is 0 Å². The normalized spacial score (nSPS) is 14.7. The lowest BCUT2D eigenvalue weighted by Crippen LogP contribution is -2.49. The first-order chi connectivity index (χ1) is 7.49. The highest BCUT2D eigenvalue weighted by Crippen LogP contribution is 2.19. The number of aliphatic carboxylic acids is 1. The number of nitrogens with zero attached hydrogens (tertiary/aromatic N) is 2. The lowest BCUT2D eigenvalue weighted by molar-refractivity contribution is -0.144. The first-order valence-corrected chi connectivity index (χ1v) is 6.10. The first kappa shape index (κ1) is 13.3. The second-order valence-corrected chi connectivity index (χ2v) is 5.09. The number of rotatable bonds is 6. The van der Waals surface area contributed by atoms with E-state index in [-0.39, 0.29) is 0 Å². The molecule has 0 aliphatic rings. The van der Waals surface area contributed by atoms with Crippen LogP contribution in [0, 0.1) is 0 Å². The summed E-state index contributed by atoms with van der Waals surface area (Å²) in [4.78, 5) is 11.1. The second kappa shape index (κ2) is 5.56. The van der Waals surface area contributed by atoms with Crippen molar-refractivity contribution in [3.05, 3.63) is 10.0 Å². The minimum atomic E-state index is -0.943. The summed E-state index contributed by atoms with van der Waals surface area (Å²) in [5, 5.41) is 15.9. The van der Waals surface area contributed by atoms with E-state index in [2.05, 4.69) is 14.9 Å². The second-order valence-electron chi connectivity index (χ2n) is 3.73. The van der Waals surface area contributed by atoms with E-state index in [1.165, 1.54) is 0 Å². The topological polar surface area (TPSA) is 75.1 Å². The number of carboxylic acid groups (broad SMARTS) is 1. The quantitative estimate of drug-likeness (QED) is 0.820. The van der Waals surface area contributed by atoms with E-state index in [1.807, 2.05) is 6.92 Å². The van der Waals surface area contributed by atoms with E-state index < -0.39 is 11.5 Å². The van der Waals surface area contributed by atoms with Crippen LogP contribution in [0.2, 0.25) is 4.34 Å². The molecule has 0 aliphatic carbocycles. The molecule has 5 nitrogen and oxygen atoms in total. The van der Waals surface area contributed by atoms with Gasteiger partial charge in [0.05, 0.1) is 0 Å². The molecule has 0 amide bonds. The number of aromatic nitrogens is 2. The minimum absolute atomic E-state index is 0.318. The summed E-state index contributed by atoms with van der Waals surface area (Å²) in [6, 6.07) is 0. The fraction of sp³-hybridized carbons (Fsp3) is 0.667. The SMILES string of the molecule is CCCC(C)(NCc1nnsc1Cl)C(=O)O. The summed E-state index contributed by atoms with van der Waals surface area (Å²) < 4.78 is 4.18. The zero-order valence-electron chi connectivity index (χ0n) is 9.16. The van der Waals surface area contributed by atoms with Crippen molar-refractivity contribution in [2.24, 2.45) is 0 Å². The summed E-state index contributed by atoms with van der Waals surface area (Å²) in [7, 11) is 0. The Morgan fingerprint density at radius 2 is 2.38 bits per heavy atom. The van der Waals surface area contributed by atoms with Crippen LogP contribution in [0.15, 0.2) is 0 Å². The van der Waals surface area contributed by atoms with Gasteiger partial charge >= 0.3 is 5.97 Å². The summed E-state index contributed by atoms with van der Waals surface area (Å²) >= 11 is 6.93. The monoisotopic (exact) mass is 263 g/mol. The van der Waals surface area contributed by atoms with Gasteiger partial charge in [-0.1, -0.05) is 29.4 Å². The van der Waals surface area contributed by atoms with Gasteiger partial charge in [-0.25, -0.2) is 0 Å². The molecule has 1 aromatic heterocycles. The highest BCUT2D eigenvalue weighted by molar-refractivity contribution is 7.10. The molecule has 0 saturated heterocycles. The Kier molecular flexibility index (Phi) is 4.64. The number of halogens is 1. The summed E-state index contributed by atoms with van der Waals surface area (Å²) in [5.41, 5.74) is -0.350. The van der Waals surface area contributed by atoms with Gasteiger partial charge in [0.25, 0.3) is 0 Å². The third-order valence-electron chi connectivity index (χ3n) is 2.38. The Bertz CT molecular complexity index is 371. The number of hydrogen-bond acceptors (Lipinski definition) is 5. The Balaban J connectivity index is 2.64. The van der Waals surface area contributed by atoms with E-state index in [0.717, 1.165) is 18.0 Å². The number of nitrogens with one attached hydrogen (secondary N) is 1. The molecular formula is C9H14ClN3O2S. The molecule has 2 N–H and O–H groups in total. The van der Waals surface area contributed by atoms with E-state index in [0.29, 0.717) is 23.0 Å². The maximum Gasteiger partial charge on any atom is 0.323 e. The fourth-order valence-corrected chi connectivity index (χ4v) is 1.98. The van der Waals surface area contributed by atoms with Crippen LogP contribution in [0.25, 0.3) is 0 Å². The molecule has 1 rings (SSSR count). The molecule has 0 radical (unpaired) electrons. The first-order valence-electron chi connectivity index (χ1n) is 4.94. The van der Waals surface area contributed by atoms with Gasteiger partial charge in [-0.2, -0.15) is 0 Å². The van der Waals surface area contributed by atoms with Crippen molar-refractivity contribution in [1.29, 1.82) is 0 Å². The van der Waals surface area contributed by atoms with E-state index in [4.69, 9.17) is 16.7 Å². The largest absolute Gasteiger partial charge is 0.480 e. The molecule has 0 saturated carbocycles. The average molecular weight is 264 g/mol. The zero-order chi connectivity index (χ0) is 12.2. The van der Waals surface area contributed by atoms with Gasteiger partial charge in [0.1, 0.15) is 15.6 Å². The van der Waals surface area contributed by atoms with Gasteiger partial charge in [0, 0.05) is 18.1 Å². The maximum atomic E-state index is 11.1. The third kappa shape index (κ3) is 3.13. The number of carbonyl (C=O) groups is 1. The van der Waals surface area contributed by atoms with E-state index in [9.17, 15) is 4.79 Å². The van der Waals surface area contributed by atoms with E-state index >= 15 is 0 Å². The minimum Gasteiger partial charge on any atom is -0.480 e. The van der Waals surface area contributed by atoms with Gasteiger partial charge in [-0.15, -0.1) is 5.10 Å². The smallest absolute Gasteiger partial charge is 0.323 e. The fourth-order valence-electron chi connectivity index (χ4n) is 1.35. The molecule has 1 unspecified atom stereocenters. The van der Waals surface area contributed by atoms with Crippen LogP contribution < -0.4 is 5.32 Å². The third-order valence-corrected chi connectivity index (χ3v) is 3.36. The van der Waals surface area contributed by atoms with Crippen molar-refractivity contribution in [2.45, 2.75) is 38.8 Å². The van der Waals surface area contributed by atoms with Gasteiger partial charge in [0.15, 0.2) is 0 Å². The molecule has 0 aromatic carbocycles. The molecular weight excluding hydrogens is 250 g/mol. The van der Waals surface area contributed by atoms with Crippen LogP contribution in [0.4, 0.5) is 0 Å². The average Bonchev–Trinajstić information content (AvgIpc) is 2.61. The van der Waals surface area contributed by atoms with Crippen molar-refractivity contribution in [1.82, 2.24) is 14.9 Å². The van der Waals surface area contributed by atoms with Crippen molar-refractivity contribution < 1.29 is 9.90 Å². The number of carboxylic acids is 1. The molecule has 1 atom stereocenters. The predicted octanol–water partition coefficient (Wildman–Crippen LogP) is 1.92. The summed E-state index contributed by atoms with van der Waals surface area (Å²) in [5.74, 6) is -0.867. The van der Waals surface area contributed by atoms with Crippen molar-refractivity contribution >= 4 is 29.1 Å². The van der Waals surface area contributed by atoms with Crippen LogP contribution >= 0.6 is 23.1 Å². The molecule has 0 aliphatic heterocycles. The molecule has 1 heterocycles. The van der Waals surface area contributed by atoms with Gasteiger partial charge in [-0.05, 0) is 13.3 Å². The predicted molar refractivity (Wildman–Crippen MR) is 62.7 cm³/mol. The van der Waals surface area contributed by atoms with Crippen LogP contribution in [-0.4, -0.2) is 26.2 Å². The van der Waals surface area contributed by atoms with E-state index in [1.54, 1.807) is 6.92 Å². The Labute approximate surface area is 103 Å². The molecule has 16 heavy (non-hydrogen) atoms. The van der Waals surface area contributed by atoms with Crippen molar-refractivity contribution in [3.8, 4) is 0 Å². The molecule has 0 spiro atoms. The molecule has 7 heteroatoms. The molecule has 1 aromatic rings. The maximum absolute atomic E-state index is 11.1. The van der Waals surface area contributed by atoms with Crippen molar-refractivity contribution in [2.75, 3.05) is 0 Å². The van der Waals surface area contributed by atoms with Crippen LogP contribution in [0.5, 0.6) is 0 Å². The van der Waals surface area contributed by atoms with Crippen LogP contribution in [-0.2, 0) is 11.3 Å². The zero-order valence-corrected chi connectivity index (χ0v) is 10.7. The van der Waals surface area contributed by atoms with Gasteiger partial charge < -0.3 is 5.11 Å². The molecule has 0 fully saturated rings.